The van der Waals surface area contributed by atoms with Crippen LogP contribution in [0.1, 0.15) is 68.2 Å². The van der Waals surface area contributed by atoms with Gasteiger partial charge in [0.15, 0.2) is 0 Å². The minimum atomic E-state index is -0.826. The zero-order valence-corrected chi connectivity index (χ0v) is 25.3. The van der Waals surface area contributed by atoms with Gasteiger partial charge in [-0.05, 0) is 75.0 Å². The van der Waals surface area contributed by atoms with Crippen LogP contribution in [0.3, 0.4) is 0 Å². The van der Waals surface area contributed by atoms with Crippen molar-refractivity contribution in [3.05, 3.63) is 107 Å². The summed E-state index contributed by atoms with van der Waals surface area (Å²) in [6.45, 7) is 18.4. The monoisotopic (exact) mass is 556 g/mol. The molecule has 0 aromatic rings. The second kappa shape index (κ2) is 12.1. The molecule has 0 bridgehead atoms. The van der Waals surface area contributed by atoms with Gasteiger partial charge in [0.25, 0.3) is 0 Å². The topological polar surface area (TPSA) is 0 Å². The van der Waals surface area contributed by atoms with Crippen LogP contribution in [0.2, 0.25) is 0 Å². The summed E-state index contributed by atoms with van der Waals surface area (Å²) >= 11 is -0.826. The van der Waals surface area contributed by atoms with Gasteiger partial charge < -0.3 is 0 Å². The van der Waals surface area contributed by atoms with Gasteiger partial charge in [0.1, 0.15) is 0 Å². The second-order valence-electron chi connectivity index (χ2n) is 10.0. The Kier molecular flexibility index (Phi) is 10.3. The average Bonchev–Trinajstić information content (AvgIpc) is 3.25. The third-order valence-electron chi connectivity index (χ3n) is 7.14. The zero-order chi connectivity index (χ0) is 24.4. The van der Waals surface area contributed by atoms with Crippen molar-refractivity contribution in [2.45, 2.75) is 68.2 Å². The Morgan fingerprint density at radius 1 is 0.636 bits per heavy atom. The molecule has 0 nitrogen and oxygen atoms in total. The first-order valence-corrected chi connectivity index (χ1v) is 18.3. The third-order valence-corrected chi connectivity index (χ3v) is 7.14. The van der Waals surface area contributed by atoms with Gasteiger partial charge in [-0.25, -0.2) is 0 Å². The Morgan fingerprint density at radius 2 is 0.970 bits per heavy atom. The number of fused-ring (bicyclic) bond motifs is 2. The fourth-order valence-corrected chi connectivity index (χ4v) is 5.38. The van der Waals surface area contributed by atoms with E-state index in [1.807, 2.05) is 0 Å². The van der Waals surface area contributed by atoms with Gasteiger partial charge in [0.05, 0.1) is 0 Å². The normalized spacial score (nSPS) is 24.4. The van der Waals surface area contributed by atoms with Gasteiger partial charge in [-0.1, -0.05) is 88.1 Å². The number of allylic oxidation sites excluding steroid dienone is 8. The van der Waals surface area contributed by atoms with Crippen molar-refractivity contribution in [3.8, 4) is 0 Å². The standard InChI is InChI=1S/C30H36.2ClH.Zr/c1-17(2)23-11-9-19(5)27-15-21(7)25(29(23)27)13-14-26-22(8)16-28-20(6)10-12-24(18(3)4)30(26)28;;;/h9-12,15-18H,13-14H2,1-8H3;2*1H;/q;;;+2/p-2. The predicted octanol–water partition coefficient (Wildman–Crippen LogP) is 9.30. The maximum atomic E-state index is 4.93. The van der Waals surface area contributed by atoms with E-state index in [0.29, 0.717) is 11.8 Å². The van der Waals surface area contributed by atoms with Crippen molar-refractivity contribution in [2.75, 3.05) is 0 Å². The number of hydrogen-bond donors (Lipinski definition) is 0. The van der Waals surface area contributed by atoms with Crippen molar-refractivity contribution >= 4 is 17.0 Å². The fourth-order valence-electron chi connectivity index (χ4n) is 5.38. The molecule has 0 atom stereocenters. The maximum absolute atomic E-state index is 4.93. The molecule has 0 aliphatic heterocycles. The molecule has 0 aromatic carbocycles. The quantitative estimate of drug-likeness (QED) is 0.315. The van der Waals surface area contributed by atoms with E-state index < -0.39 is 20.8 Å². The molecule has 2 fully saturated rings. The summed E-state index contributed by atoms with van der Waals surface area (Å²) in [4.78, 5) is 0. The second-order valence-corrected chi connectivity index (χ2v) is 13.7. The van der Waals surface area contributed by atoms with E-state index in [1.165, 1.54) is 57.8 Å². The molecule has 4 rings (SSSR count). The van der Waals surface area contributed by atoms with Crippen LogP contribution in [-0.2, 0) is 20.8 Å². The molecular formula is C30H36Cl2Zr. The third kappa shape index (κ3) is 5.88. The molecule has 0 heterocycles. The van der Waals surface area contributed by atoms with Crippen LogP contribution in [0, 0.1) is 72.0 Å². The van der Waals surface area contributed by atoms with Crippen LogP contribution in [0.15, 0.2) is 46.6 Å². The summed E-state index contributed by atoms with van der Waals surface area (Å²) in [5.41, 5.74) is 5.80. The Bertz CT molecular complexity index is 736. The van der Waals surface area contributed by atoms with Crippen LogP contribution in [0.4, 0.5) is 0 Å². The molecule has 2 saturated carbocycles. The van der Waals surface area contributed by atoms with Crippen LogP contribution >= 0.6 is 17.0 Å². The first-order valence-electron chi connectivity index (χ1n) is 11.9. The van der Waals surface area contributed by atoms with Crippen LogP contribution in [0.25, 0.3) is 0 Å². The molecular weight excluding hydrogens is 522 g/mol. The van der Waals surface area contributed by atoms with Gasteiger partial charge in [-0.15, -0.1) is 0 Å². The number of hydrogen-bond acceptors (Lipinski definition) is 0. The first-order chi connectivity index (χ1) is 15.6. The summed E-state index contributed by atoms with van der Waals surface area (Å²) in [6.07, 6.45) is 16.4. The Balaban J connectivity index is 0.000000968. The summed E-state index contributed by atoms with van der Waals surface area (Å²) in [7, 11) is 9.87. The van der Waals surface area contributed by atoms with Gasteiger partial charge in [0.2, 0.25) is 0 Å². The van der Waals surface area contributed by atoms with Crippen molar-refractivity contribution in [2.24, 2.45) is 11.8 Å². The van der Waals surface area contributed by atoms with E-state index in [1.54, 1.807) is 11.8 Å². The van der Waals surface area contributed by atoms with Gasteiger partial charge >= 0.3 is 37.9 Å². The molecule has 3 heteroatoms. The number of halogens is 2. The van der Waals surface area contributed by atoms with Crippen molar-refractivity contribution in [1.29, 1.82) is 0 Å². The SMILES string of the molecule is C[C]1[CH][C]2[C]([C]1CC[C]1[C](C)[CH][C]3[C]1C(C(C)C)=CC=C3C)C(C(C)C)=CC=C2C.[Cl][Zr][Cl]. The van der Waals surface area contributed by atoms with Crippen LogP contribution in [-0.4, -0.2) is 0 Å². The molecule has 0 amide bonds. The number of rotatable bonds is 5. The molecule has 0 N–H and O–H groups in total. The fraction of sp³-hybridized carbons (Fsp3) is 0.400. The molecule has 33 heavy (non-hydrogen) atoms. The van der Waals surface area contributed by atoms with Gasteiger partial charge in [-0.2, -0.15) is 0 Å². The molecule has 0 spiro atoms. The molecule has 174 valence electrons. The van der Waals surface area contributed by atoms with Crippen molar-refractivity contribution in [3.63, 3.8) is 0 Å². The minimum absolute atomic E-state index is 0.547. The summed E-state index contributed by atoms with van der Waals surface area (Å²) in [5, 5.41) is 0. The van der Waals surface area contributed by atoms with E-state index in [2.05, 4.69) is 92.5 Å². The van der Waals surface area contributed by atoms with E-state index in [0.717, 1.165) is 12.8 Å². The molecule has 0 unspecified atom stereocenters. The molecule has 10 radical (unpaired) electrons. The van der Waals surface area contributed by atoms with E-state index in [9.17, 15) is 0 Å². The van der Waals surface area contributed by atoms with E-state index >= 15 is 0 Å². The zero-order valence-electron chi connectivity index (χ0n) is 21.3. The summed E-state index contributed by atoms with van der Waals surface area (Å²) < 4.78 is 0. The Morgan fingerprint density at radius 3 is 1.27 bits per heavy atom. The average molecular weight is 559 g/mol. The van der Waals surface area contributed by atoms with Gasteiger partial charge in [-0.3, -0.25) is 0 Å². The van der Waals surface area contributed by atoms with Gasteiger partial charge in [0, 0.05) is 23.7 Å². The molecule has 4 aliphatic rings. The predicted molar refractivity (Wildman–Crippen MR) is 140 cm³/mol. The van der Waals surface area contributed by atoms with E-state index in [-0.39, 0.29) is 0 Å². The molecule has 0 aromatic heterocycles. The Labute approximate surface area is 223 Å². The summed E-state index contributed by atoms with van der Waals surface area (Å²) in [5.74, 6) is 13.1. The van der Waals surface area contributed by atoms with Crippen LogP contribution < -0.4 is 0 Å². The van der Waals surface area contributed by atoms with Crippen LogP contribution in [0.5, 0.6) is 0 Å². The summed E-state index contributed by atoms with van der Waals surface area (Å²) in [6, 6.07) is 0. The molecule has 0 saturated heterocycles. The first kappa shape index (κ1) is 28.0. The Hall–Kier alpha value is 0.423. The molecule has 4 aliphatic carbocycles. The van der Waals surface area contributed by atoms with Crippen molar-refractivity contribution in [1.82, 2.24) is 0 Å². The van der Waals surface area contributed by atoms with Crippen molar-refractivity contribution < 1.29 is 20.8 Å². The van der Waals surface area contributed by atoms with E-state index in [4.69, 9.17) is 17.0 Å².